The predicted octanol–water partition coefficient (Wildman–Crippen LogP) is -0.997. The summed E-state index contributed by atoms with van der Waals surface area (Å²) < 4.78 is 14.2. The molecule has 3 rings (SSSR count). The molecule has 15 heteroatoms. The third kappa shape index (κ3) is 10.0. The van der Waals surface area contributed by atoms with E-state index >= 15 is 0 Å². The Labute approximate surface area is 239 Å². The minimum absolute atomic E-state index is 0. The number of H-pyrrole nitrogens is 1. The largest absolute Gasteiger partial charge is 0.346 e. The second-order valence-corrected chi connectivity index (χ2v) is 8.59. The van der Waals surface area contributed by atoms with Crippen molar-refractivity contribution in [1.29, 1.82) is 0 Å². The van der Waals surface area contributed by atoms with Gasteiger partial charge in [-0.15, -0.1) is 12.4 Å². The monoisotopic (exact) mass is 589 g/mol. The summed E-state index contributed by atoms with van der Waals surface area (Å²) in [5.74, 6) is -3.39. The molecular weight excluding hydrogens is 561 g/mol. The van der Waals surface area contributed by atoms with Crippen molar-refractivity contribution in [2.75, 3.05) is 25.0 Å². The topological polar surface area (TPSA) is 197 Å². The quantitative estimate of drug-likeness (QED) is 0.156. The molecule has 13 nitrogen and oxygen atoms in total. The van der Waals surface area contributed by atoms with Gasteiger partial charge in [0, 0.05) is 18.3 Å². The first-order chi connectivity index (χ1) is 19.2. The molecular formula is C26H29ClFN7O6. The van der Waals surface area contributed by atoms with Crippen LogP contribution >= 0.6 is 12.4 Å². The van der Waals surface area contributed by atoms with Crippen LogP contribution in [0.5, 0.6) is 0 Å². The number of aromatic amines is 1. The smallest absolute Gasteiger partial charge is 0.328 e. The van der Waals surface area contributed by atoms with Crippen LogP contribution in [-0.4, -0.2) is 58.9 Å². The average molecular weight is 590 g/mol. The van der Waals surface area contributed by atoms with Gasteiger partial charge in [0.2, 0.25) is 29.4 Å². The molecule has 0 spiro atoms. The lowest BCUT2D eigenvalue weighted by atomic mass is 10.1. The van der Waals surface area contributed by atoms with E-state index in [1.54, 1.807) is 42.5 Å². The summed E-state index contributed by atoms with van der Waals surface area (Å²) in [6, 6.07) is 14.0. The van der Waals surface area contributed by atoms with E-state index in [1.165, 1.54) is 12.1 Å². The molecule has 0 radical (unpaired) electrons. The highest BCUT2D eigenvalue weighted by molar-refractivity contribution is 5.96. The van der Waals surface area contributed by atoms with Crippen molar-refractivity contribution >= 4 is 41.7 Å². The number of halogens is 2. The van der Waals surface area contributed by atoms with E-state index in [1.807, 2.05) is 0 Å². The summed E-state index contributed by atoms with van der Waals surface area (Å²) in [7, 11) is 0. The molecule has 0 saturated heterocycles. The van der Waals surface area contributed by atoms with Crippen molar-refractivity contribution in [3.63, 3.8) is 0 Å². The molecule has 1 atom stereocenters. The second-order valence-electron chi connectivity index (χ2n) is 8.59. The van der Waals surface area contributed by atoms with Gasteiger partial charge in [0.15, 0.2) is 0 Å². The molecule has 7 N–H and O–H groups in total. The summed E-state index contributed by atoms with van der Waals surface area (Å²) in [5.41, 5.74) is 5.03. The molecule has 0 saturated carbocycles. The van der Waals surface area contributed by atoms with Crippen molar-refractivity contribution in [2.24, 2.45) is 5.73 Å². The number of benzene rings is 2. The van der Waals surface area contributed by atoms with Crippen LogP contribution in [0.3, 0.4) is 0 Å². The molecule has 0 aliphatic heterocycles. The fourth-order valence-electron chi connectivity index (χ4n) is 3.56. The standard InChI is InChI=1S/C26H28FN7O6.ClH/c27-19-12-31-26(40)34(25(19)39)15-17-6-8-18(9-7-17)32-22(36)14-30-24(38)20(10-16-4-2-1-3-5-16)33-23(37)13-29-21(35)11-28;/h1-9,12,20H,10-11,13-15,28H2,(H,29,35)(H,30,38)(H,31,40)(H,32,36)(H,33,37);1H/t20-;/m0./s1. The third-order valence-corrected chi connectivity index (χ3v) is 5.58. The number of anilines is 1. The second kappa shape index (κ2) is 15.7. The molecule has 0 fully saturated rings. The molecule has 41 heavy (non-hydrogen) atoms. The van der Waals surface area contributed by atoms with E-state index in [0.29, 0.717) is 22.0 Å². The van der Waals surface area contributed by atoms with Crippen LogP contribution in [0.4, 0.5) is 10.1 Å². The number of hydrogen-bond donors (Lipinski definition) is 6. The molecule has 3 aromatic rings. The number of nitrogens with two attached hydrogens (primary N) is 1. The zero-order valence-corrected chi connectivity index (χ0v) is 22.5. The van der Waals surface area contributed by atoms with E-state index in [9.17, 15) is 33.2 Å². The van der Waals surface area contributed by atoms with Gasteiger partial charge < -0.3 is 32.0 Å². The predicted molar refractivity (Wildman–Crippen MR) is 150 cm³/mol. The minimum atomic E-state index is -1.09. The van der Waals surface area contributed by atoms with Crippen LogP contribution in [0.2, 0.25) is 0 Å². The lowest BCUT2D eigenvalue weighted by molar-refractivity contribution is -0.130. The first-order valence-corrected chi connectivity index (χ1v) is 12.1. The lowest BCUT2D eigenvalue weighted by Crippen LogP contribution is -2.51. The number of amides is 4. The Morgan fingerprint density at radius 2 is 1.54 bits per heavy atom. The maximum atomic E-state index is 13.5. The van der Waals surface area contributed by atoms with Crippen molar-refractivity contribution in [3.05, 3.63) is 98.6 Å². The van der Waals surface area contributed by atoms with Crippen molar-refractivity contribution in [1.82, 2.24) is 25.5 Å². The van der Waals surface area contributed by atoms with Gasteiger partial charge in [-0.1, -0.05) is 42.5 Å². The number of nitrogens with zero attached hydrogens (tertiary/aromatic N) is 1. The minimum Gasteiger partial charge on any atom is -0.346 e. The Balaban J connectivity index is 0.00000588. The van der Waals surface area contributed by atoms with Crippen LogP contribution < -0.4 is 38.2 Å². The Morgan fingerprint density at radius 3 is 2.20 bits per heavy atom. The van der Waals surface area contributed by atoms with Gasteiger partial charge in [-0.2, -0.15) is 4.39 Å². The van der Waals surface area contributed by atoms with E-state index in [4.69, 9.17) is 5.73 Å². The van der Waals surface area contributed by atoms with Gasteiger partial charge >= 0.3 is 5.69 Å². The third-order valence-electron chi connectivity index (χ3n) is 5.58. The van der Waals surface area contributed by atoms with Crippen LogP contribution in [0.1, 0.15) is 11.1 Å². The summed E-state index contributed by atoms with van der Waals surface area (Å²) in [4.78, 5) is 74.6. The fraction of sp³-hybridized carbons (Fsp3) is 0.231. The molecule has 0 unspecified atom stereocenters. The first kappa shape index (κ1) is 32.4. The van der Waals surface area contributed by atoms with Gasteiger partial charge in [-0.25, -0.2) is 4.79 Å². The summed E-state index contributed by atoms with van der Waals surface area (Å²) in [6.45, 7) is -1.24. The van der Waals surface area contributed by atoms with Crippen molar-refractivity contribution in [3.8, 4) is 0 Å². The molecule has 0 bridgehead atoms. The van der Waals surface area contributed by atoms with Gasteiger partial charge in [0.1, 0.15) is 6.04 Å². The molecule has 1 aromatic heterocycles. The number of aromatic nitrogens is 2. The van der Waals surface area contributed by atoms with Gasteiger partial charge in [0.25, 0.3) is 5.56 Å². The zero-order valence-electron chi connectivity index (χ0n) is 21.6. The Kier molecular flexibility index (Phi) is 12.4. The van der Waals surface area contributed by atoms with E-state index < -0.39 is 53.3 Å². The van der Waals surface area contributed by atoms with Crippen LogP contribution in [0.25, 0.3) is 0 Å². The molecule has 218 valence electrons. The zero-order chi connectivity index (χ0) is 29.1. The maximum absolute atomic E-state index is 13.5. The highest BCUT2D eigenvalue weighted by Gasteiger charge is 2.22. The normalized spacial score (nSPS) is 11.0. The summed E-state index contributed by atoms with van der Waals surface area (Å²) in [6.07, 6.45) is 0.836. The van der Waals surface area contributed by atoms with Gasteiger partial charge in [-0.3, -0.25) is 28.5 Å². The molecule has 2 aromatic carbocycles. The number of hydrogen-bond acceptors (Lipinski definition) is 7. The Bertz CT molecular complexity index is 1480. The van der Waals surface area contributed by atoms with Crippen LogP contribution in [-0.2, 0) is 32.1 Å². The molecule has 0 aliphatic carbocycles. The van der Waals surface area contributed by atoms with Crippen LogP contribution in [0, 0.1) is 5.82 Å². The van der Waals surface area contributed by atoms with E-state index in [0.717, 1.165) is 5.56 Å². The molecule has 1 heterocycles. The first-order valence-electron chi connectivity index (χ1n) is 12.1. The van der Waals surface area contributed by atoms with Crippen molar-refractivity contribution in [2.45, 2.75) is 19.0 Å². The average Bonchev–Trinajstić information content (AvgIpc) is 2.95. The lowest BCUT2D eigenvalue weighted by Gasteiger charge is -2.19. The summed E-state index contributed by atoms with van der Waals surface area (Å²) in [5, 5.41) is 9.94. The van der Waals surface area contributed by atoms with Crippen LogP contribution in [0.15, 0.2) is 70.4 Å². The number of rotatable bonds is 12. The van der Waals surface area contributed by atoms with Gasteiger partial charge in [-0.05, 0) is 23.3 Å². The number of nitrogens with one attached hydrogen (secondary N) is 5. The summed E-state index contributed by atoms with van der Waals surface area (Å²) >= 11 is 0. The SMILES string of the molecule is Cl.NCC(=O)NCC(=O)N[C@@H](Cc1ccccc1)C(=O)NCC(=O)Nc1ccc(Cn2c(=O)[nH]cc(F)c2=O)cc1. The van der Waals surface area contributed by atoms with Gasteiger partial charge in [0.05, 0.1) is 26.2 Å². The van der Waals surface area contributed by atoms with E-state index in [-0.39, 0.29) is 38.5 Å². The van der Waals surface area contributed by atoms with E-state index in [2.05, 4.69) is 26.3 Å². The Morgan fingerprint density at radius 1 is 0.878 bits per heavy atom. The Hall–Kier alpha value is -4.82. The highest BCUT2D eigenvalue weighted by atomic mass is 35.5. The van der Waals surface area contributed by atoms with Crippen molar-refractivity contribution < 1.29 is 23.6 Å². The molecule has 0 aliphatic rings. The number of carbonyl (C=O) groups is 4. The maximum Gasteiger partial charge on any atom is 0.328 e. The highest BCUT2D eigenvalue weighted by Crippen LogP contribution is 2.10. The fourth-order valence-corrected chi connectivity index (χ4v) is 3.56. The number of carbonyl (C=O) groups excluding carboxylic acids is 4. The molecule has 4 amide bonds.